The second kappa shape index (κ2) is 5.83. The summed E-state index contributed by atoms with van der Waals surface area (Å²) in [5.74, 6) is -3.90. The Morgan fingerprint density at radius 3 is 2.20 bits per heavy atom. The average molecular weight is 349 g/mol. The second-order valence-electron chi connectivity index (χ2n) is 4.04. The van der Waals surface area contributed by atoms with Gasteiger partial charge in [-0.05, 0) is 23.8 Å². The topological polar surface area (TPSA) is 9.23 Å². The van der Waals surface area contributed by atoms with Gasteiger partial charge in [0.05, 0.1) is 11.9 Å². The minimum atomic E-state index is -1.26. The summed E-state index contributed by atoms with van der Waals surface area (Å²) in [5.41, 5.74) is 0.366. The Kier molecular flexibility index (Phi) is 4.32. The number of hydrogen-bond acceptors (Lipinski definition) is 1. The Hall–Kier alpha value is -1.56. The molecule has 0 aliphatic carbocycles. The number of rotatable bonds is 3. The second-order valence-corrected chi connectivity index (χ2v) is 4.96. The van der Waals surface area contributed by atoms with E-state index in [0.717, 1.165) is 12.1 Å². The van der Waals surface area contributed by atoms with E-state index in [1.807, 2.05) is 0 Å². The molecule has 2 rings (SSSR count). The van der Waals surface area contributed by atoms with Crippen LogP contribution in [0.1, 0.15) is 16.0 Å². The highest BCUT2D eigenvalue weighted by atomic mass is 79.9. The fraction of sp³-hybridized carbons (Fsp3) is 0.143. The largest absolute Gasteiger partial charge is 0.494 e. The molecule has 0 spiro atoms. The first-order valence-electron chi connectivity index (χ1n) is 5.56. The SMILES string of the molecule is COc1cc(C(Br)c2cc(F)c(F)cc2F)ccc1F. The van der Waals surface area contributed by atoms with Gasteiger partial charge in [0.1, 0.15) is 5.82 Å². The van der Waals surface area contributed by atoms with Crippen molar-refractivity contribution in [2.24, 2.45) is 0 Å². The van der Waals surface area contributed by atoms with E-state index in [-0.39, 0.29) is 11.3 Å². The van der Waals surface area contributed by atoms with Crippen molar-refractivity contribution in [3.63, 3.8) is 0 Å². The van der Waals surface area contributed by atoms with Crippen molar-refractivity contribution in [1.29, 1.82) is 0 Å². The highest BCUT2D eigenvalue weighted by Crippen LogP contribution is 2.35. The van der Waals surface area contributed by atoms with E-state index in [0.29, 0.717) is 11.6 Å². The Bertz CT molecular complexity index is 645. The summed E-state index contributed by atoms with van der Waals surface area (Å²) in [6.07, 6.45) is 0. The Morgan fingerprint density at radius 1 is 0.900 bits per heavy atom. The molecular formula is C14H9BrF4O. The summed E-state index contributed by atoms with van der Waals surface area (Å²) >= 11 is 3.18. The molecular weight excluding hydrogens is 340 g/mol. The van der Waals surface area contributed by atoms with Crippen molar-refractivity contribution in [1.82, 2.24) is 0 Å². The minimum absolute atomic E-state index is 0.0186. The van der Waals surface area contributed by atoms with Crippen LogP contribution in [-0.2, 0) is 0 Å². The van der Waals surface area contributed by atoms with Crippen molar-refractivity contribution in [3.8, 4) is 5.75 Å². The molecule has 0 saturated carbocycles. The van der Waals surface area contributed by atoms with Gasteiger partial charge >= 0.3 is 0 Å². The van der Waals surface area contributed by atoms with Crippen LogP contribution in [0.2, 0.25) is 0 Å². The van der Waals surface area contributed by atoms with Crippen molar-refractivity contribution in [2.45, 2.75) is 4.83 Å². The van der Waals surface area contributed by atoms with E-state index in [1.165, 1.54) is 19.2 Å². The Labute approximate surface area is 121 Å². The maximum absolute atomic E-state index is 13.7. The molecule has 0 aliphatic rings. The number of hydrogen-bond donors (Lipinski definition) is 0. The molecule has 106 valence electrons. The van der Waals surface area contributed by atoms with E-state index < -0.39 is 28.1 Å². The van der Waals surface area contributed by atoms with Crippen molar-refractivity contribution < 1.29 is 22.3 Å². The molecule has 0 bridgehead atoms. The molecule has 0 saturated heterocycles. The fourth-order valence-corrected chi connectivity index (χ4v) is 2.38. The molecule has 0 fully saturated rings. The molecule has 0 amide bonds. The molecule has 6 heteroatoms. The highest BCUT2D eigenvalue weighted by molar-refractivity contribution is 9.09. The lowest BCUT2D eigenvalue weighted by Gasteiger charge is -2.13. The molecule has 1 nitrogen and oxygen atoms in total. The van der Waals surface area contributed by atoms with Crippen LogP contribution in [0.15, 0.2) is 30.3 Å². The first-order valence-corrected chi connectivity index (χ1v) is 6.47. The highest BCUT2D eigenvalue weighted by Gasteiger charge is 2.19. The van der Waals surface area contributed by atoms with Crippen LogP contribution in [0.25, 0.3) is 0 Å². The predicted molar refractivity (Wildman–Crippen MR) is 70.0 cm³/mol. The summed E-state index contributed by atoms with van der Waals surface area (Å²) in [6, 6.07) is 5.15. The first-order chi connectivity index (χ1) is 9.43. The predicted octanol–water partition coefficient (Wildman–Crippen LogP) is 4.74. The van der Waals surface area contributed by atoms with Crippen LogP contribution in [0.4, 0.5) is 17.6 Å². The van der Waals surface area contributed by atoms with Gasteiger partial charge < -0.3 is 4.74 Å². The third-order valence-electron chi connectivity index (χ3n) is 2.78. The lowest BCUT2D eigenvalue weighted by molar-refractivity contribution is 0.386. The Morgan fingerprint density at radius 2 is 1.55 bits per heavy atom. The fourth-order valence-electron chi connectivity index (χ4n) is 1.75. The summed E-state index contributed by atoms with van der Waals surface area (Å²) < 4.78 is 57.9. The molecule has 0 N–H and O–H groups in total. The lowest BCUT2D eigenvalue weighted by atomic mass is 10.0. The van der Waals surface area contributed by atoms with E-state index in [1.54, 1.807) is 0 Å². The molecule has 1 unspecified atom stereocenters. The van der Waals surface area contributed by atoms with Crippen LogP contribution < -0.4 is 4.74 Å². The third kappa shape index (κ3) is 2.80. The van der Waals surface area contributed by atoms with Crippen LogP contribution in [0.5, 0.6) is 5.75 Å². The third-order valence-corrected chi connectivity index (χ3v) is 3.80. The zero-order valence-corrected chi connectivity index (χ0v) is 11.8. The smallest absolute Gasteiger partial charge is 0.165 e. The van der Waals surface area contributed by atoms with Crippen molar-refractivity contribution in [2.75, 3.05) is 7.11 Å². The van der Waals surface area contributed by atoms with E-state index >= 15 is 0 Å². The lowest BCUT2D eigenvalue weighted by Crippen LogP contribution is -2.01. The van der Waals surface area contributed by atoms with Gasteiger partial charge in [0.25, 0.3) is 0 Å². The van der Waals surface area contributed by atoms with Crippen molar-refractivity contribution >= 4 is 15.9 Å². The van der Waals surface area contributed by atoms with Gasteiger partial charge in [0.15, 0.2) is 23.2 Å². The minimum Gasteiger partial charge on any atom is -0.494 e. The van der Waals surface area contributed by atoms with Gasteiger partial charge in [-0.15, -0.1) is 0 Å². The molecule has 0 heterocycles. The standard InChI is InChI=1S/C14H9BrF4O/c1-20-13-4-7(2-3-9(13)16)14(15)8-5-11(18)12(19)6-10(8)17/h2-6,14H,1H3. The van der Waals surface area contributed by atoms with Crippen LogP contribution in [0, 0.1) is 23.3 Å². The number of alkyl halides is 1. The van der Waals surface area contributed by atoms with E-state index in [9.17, 15) is 17.6 Å². The summed E-state index contributed by atoms with van der Waals surface area (Å²) in [7, 11) is 1.30. The van der Waals surface area contributed by atoms with E-state index in [2.05, 4.69) is 15.9 Å². The Balaban J connectivity index is 2.46. The van der Waals surface area contributed by atoms with Crippen molar-refractivity contribution in [3.05, 3.63) is 64.7 Å². The summed E-state index contributed by atoms with van der Waals surface area (Å²) in [5, 5.41) is 0. The maximum atomic E-state index is 13.7. The molecule has 2 aromatic carbocycles. The number of halogens is 5. The first kappa shape index (κ1) is 14.8. The van der Waals surface area contributed by atoms with Gasteiger partial charge in [-0.3, -0.25) is 0 Å². The van der Waals surface area contributed by atoms with Crippen LogP contribution >= 0.6 is 15.9 Å². The molecule has 2 aromatic rings. The normalized spacial score (nSPS) is 12.3. The molecule has 1 atom stereocenters. The van der Waals surface area contributed by atoms with Gasteiger partial charge in [0, 0.05) is 11.6 Å². The number of methoxy groups -OCH3 is 1. The monoisotopic (exact) mass is 348 g/mol. The summed E-state index contributed by atoms with van der Waals surface area (Å²) in [4.78, 5) is -0.757. The van der Waals surface area contributed by atoms with Gasteiger partial charge in [-0.2, -0.15) is 0 Å². The van der Waals surface area contributed by atoms with Gasteiger partial charge in [0.2, 0.25) is 0 Å². The zero-order chi connectivity index (χ0) is 14.9. The average Bonchev–Trinajstić information content (AvgIpc) is 2.42. The van der Waals surface area contributed by atoms with Gasteiger partial charge in [-0.1, -0.05) is 22.0 Å². The van der Waals surface area contributed by atoms with E-state index in [4.69, 9.17) is 4.74 Å². The molecule has 0 aliphatic heterocycles. The number of benzene rings is 2. The maximum Gasteiger partial charge on any atom is 0.165 e. The molecule has 0 aromatic heterocycles. The number of ether oxygens (including phenoxy) is 1. The van der Waals surface area contributed by atoms with Gasteiger partial charge in [-0.25, -0.2) is 17.6 Å². The van der Waals surface area contributed by atoms with Crippen LogP contribution in [-0.4, -0.2) is 7.11 Å². The molecule has 0 radical (unpaired) electrons. The zero-order valence-electron chi connectivity index (χ0n) is 10.3. The van der Waals surface area contributed by atoms with Crippen LogP contribution in [0.3, 0.4) is 0 Å². The quantitative estimate of drug-likeness (QED) is 0.442. The molecule has 20 heavy (non-hydrogen) atoms. The summed E-state index contributed by atoms with van der Waals surface area (Å²) in [6.45, 7) is 0.